The Bertz CT molecular complexity index is 1170. The highest BCUT2D eigenvalue weighted by atomic mass is 32.2. The fourth-order valence-electron chi connectivity index (χ4n) is 3.76. The fourth-order valence-corrected chi connectivity index (χ4v) is 6.20. The number of likely N-dealkylation sites (tertiary alicyclic amines) is 1. The van der Waals surface area contributed by atoms with Gasteiger partial charge in [-0.3, -0.25) is 9.69 Å². The summed E-state index contributed by atoms with van der Waals surface area (Å²) in [5.74, 6) is 0.336. The van der Waals surface area contributed by atoms with Crippen LogP contribution in [0.1, 0.15) is 24.0 Å². The number of aromatic nitrogens is 2. The number of sulfonamides is 1. The van der Waals surface area contributed by atoms with Crippen molar-refractivity contribution in [2.24, 2.45) is 5.92 Å². The topological polar surface area (TPSA) is 95.2 Å². The number of nitrogens with one attached hydrogen (secondary N) is 2. The second kappa shape index (κ2) is 9.44. The fraction of sp³-hybridized carbons (Fsp3) is 0.364. The van der Waals surface area contributed by atoms with Crippen LogP contribution in [0.15, 0.2) is 57.5 Å². The van der Waals surface area contributed by atoms with E-state index in [2.05, 4.69) is 51.0 Å². The number of piperidine rings is 1. The van der Waals surface area contributed by atoms with Crippen LogP contribution in [0.4, 0.5) is 0 Å². The van der Waals surface area contributed by atoms with Crippen LogP contribution < -0.4 is 10.3 Å². The molecule has 0 aliphatic carbocycles. The van der Waals surface area contributed by atoms with Gasteiger partial charge in [-0.05, 0) is 68.1 Å². The summed E-state index contributed by atoms with van der Waals surface area (Å²) in [6, 6.07) is 14.7. The summed E-state index contributed by atoms with van der Waals surface area (Å²) in [6.07, 6.45) is 1.96. The molecule has 2 N–H and O–H groups in total. The predicted octanol–water partition coefficient (Wildman–Crippen LogP) is 3.00. The molecule has 0 radical (unpaired) electrons. The first kappa shape index (κ1) is 21.9. The van der Waals surface area contributed by atoms with Gasteiger partial charge in [-0.15, -0.1) is 11.3 Å². The molecule has 0 unspecified atom stereocenters. The zero-order chi connectivity index (χ0) is 21.8. The third-order valence-corrected chi connectivity index (χ3v) is 8.73. The highest BCUT2D eigenvalue weighted by Crippen LogP contribution is 2.29. The Hall–Kier alpha value is -2.33. The Morgan fingerprint density at radius 3 is 2.61 bits per heavy atom. The molecular weight excluding hydrogens is 432 g/mol. The summed E-state index contributed by atoms with van der Waals surface area (Å²) in [6.45, 7) is 5.48. The van der Waals surface area contributed by atoms with E-state index in [0.717, 1.165) is 43.8 Å². The van der Waals surface area contributed by atoms with E-state index in [4.69, 9.17) is 0 Å². The van der Waals surface area contributed by atoms with Gasteiger partial charge in [-0.2, -0.15) is 5.10 Å². The molecular formula is C22H26N4O3S2. The van der Waals surface area contributed by atoms with Crippen LogP contribution >= 0.6 is 11.3 Å². The molecule has 3 aromatic rings. The van der Waals surface area contributed by atoms with E-state index >= 15 is 0 Å². The minimum atomic E-state index is -3.57. The molecule has 0 saturated carbocycles. The summed E-state index contributed by atoms with van der Waals surface area (Å²) in [5, 5.41) is 6.33. The maximum atomic E-state index is 12.7. The molecule has 1 aliphatic heterocycles. The molecule has 1 saturated heterocycles. The second-order valence-corrected chi connectivity index (χ2v) is 11.0. The van der Waals surface area contributed by atoms with Gasteiger partial charge in [0.05, 0.1) is 4.88 Å². The molecule has 31 heavy (non-hydrogen) atoms. The molecule has 7 nitrogen and oxygen atoms in total. The SMILES string of the molecule is Cc1ccccc1CN1CCC(CNS(=O)(=O)c2ccc(-c3ccc(=O)[nH]n3)s2)CC1. The normalized spacial score (nSPS) is 15.9. The zero-order valence-corrected chi connectivity index (χ0v) is 19.0. The largest absolute Gasteiger partial charge is 0.299 e. The first-order chi connectivity index (χ1) is 14.9. The van der Waals surface area contributed by atoms with Crippen LogP contribution in [0.5, 0.6) is 0 Å². The first-order valence-corrected chi connectivity index (χ1v) is 12.6. The van der Waals surface area contributed by atoms with E-state index in [-0.39, 0.29) is 9.77 Å². The van der Waals surface area contributed by atoms with Gasteiger partial charge in [-0.25, -0.2) is 18.2 Å². The second-order valence-electron chi connectivity index (χ2n) is 7.92. The maximum Gasteiger partial charge on any atom is 0.264 e. The third kappa shape index (κ3) is 5.48. The number of H-pyrrole nitrogens is 1. The van der Waals surface area contributed by atoms with Gasteiger partial charge in [-0.1, -0.05) is 24.3 Å². The van der Waals surface area contributed by atoms with Crippen molar-refractivity contribution in [3.05, 3.63) is 70.0 Å². The van der Waals surface area contributed by atoms with Crippen molar-refractivity contribution in [2.75, 3.05) is 19.6 Å². The minimum Gasteiger partial charge on any atom is -0.299 e. The van der Waals surface area contributed by atoms with Gasteiger partial charge in [0.2, 0.25) is 10.0 Å². The molecule has 9 heteroatoms. The molecule has 0 atom stereocenters. The first-order valence-electron chi connectivity index (χ1n) is 10.3. The molecule has 2 aromatic heterocycles. The lowest BCUT2D eigenvalue weighted by molar-refractivity contribution is 0.178. The van der Waals surface area contributed by atoms with Crippen molar-refractivity contribution >= 4 is 21.4 Å². The summed E-state index contributed by atoms with van der Waals surface area (Å²) >= 11 is 1.15. The summed E-state index contributed by atoms with van der Waals surface area (Å²) in [5.41, 5.74) is 2.92. The number of rotatable bonds is 7. The summed E-state index contributed by atoms with van der Waals surface area (Å²) in [4.78, 5) is 14.3. The maximum absolute atomic E-state index is 12.7. The average Bonchev–Trinajstić information content (AvgIpc) is 3.27. The van der Waals surface area contributed by atoms with Crippen molar-refractivity contribution in [1.29, 1.82) is 0 Å². The van der Waals surface area contributed by atoms with Crippen LogP contribution in [-0.4, -0.2) is 43.1 Å². The number of thiophene rings is 1. The van der Waals surface area contributed by atoms with Crippen molar-refractivity contribution < 1.29 is 8.42 Å². The smallest absolute Gasteiger partial charge is 0.264 e. The Labute approximate surface area is 186 Å². The summed E-state index contributed by atoms with van der Waals surface area (Å²) < 4.78 is 28.5. The Balaban J connectivity index is 1.30. The number of nitrogens with zero attached hydrogens (tertiary/aromatic N) is 2. The van der Waals surface area contributed by atoms with E-state index in [1.807, 2.05) is 0 Å². The number of aryl methyl sites for hydroxylation is 1. The van der Waals surface area contributed by atoms with Gasteiger partial charge in [0.25, 0.3) is 5.56 Å². The van der Waals surface area contributed by atoms with Crippen LogP contribution in [0.25, 0.3) is 10.6 Å². The molecule has 0 amide bonds. The number of hydrogen-bond acceptors (Lipinski definition) is 6. The molecule has 164 valence electrons. The molecule has 1 fully saturated rings. The number of hydrogen-bond donors (Lipinski definition) is 2. The van der Waals surface area contributed by atoms with Crippen LogP contribution in [-0.2, 0) is 16.6 Å². The Morgan fingerprint density at radius 1 is 1.13 bits per heavy atom. The van der Waals surface area contributed by atoms with Gasteiger partial charge >= 0.3 is 0 Å². The number of aromatic amines is 1. The Kier molecular flexibility index (Phi) is 6.66. The van der Waals surface area contributed by atoms with Crippen LogP contribution in [0, 0.1) is 12.8 Å². The van der Waals surface area contributed by atoms with Crippen LogP contribution in [0.3, 0.4) is 0 Å². The molecule has 3 heterocycles. The van der Waals surface area contributed by atoms with E-state index in [9.17, 15) is 13.2 Å². The van der Waals surface area contributed by atoms with Gasteiger partial charge in [0.1, 0.15) is 9.90 Å². The molecule has 4 rings (SSSR count). The highest BCUT2D eigenvalue weighted by Gasteiger charge is 2.23. The van der Waals surface area contributed by atoms with Gasteiger partial charge < -0.3 is 0 Å². The van der Waals surface area contributed by atoms with Crippen LogP contribution in [0.2, 0.25) is 0 Å². The molecule has 0 spiro atoms. The van der Waals surface area contributed by atoms with Crippen molar-refractivity contribution in [1.82, 2.24) is 19.8 Å². The van der Waals surface area contributed by atoms with Crippen molar-refractivity contribution in [3.63, 3.8) is 0 Å². The predicted molar refractivity (Wildman–Crippen MR) is 123 cm³/mol. The molecule has 0 bridgehead atoms. The highest BCUT2D eigenvalue weighted by molar-refractivity contribution is 7.91. The molecule has 1 aliphatic rings. The van der Waals surface area contributed by atoms with E-state index in [1.165, 1.54) is 17.2 Å². The van der Waals surface area contributed by atoms with E-state index < -0.39 is 10.0 Å². The standard InChI is InChI=1S/C22H26N4O3S2/c1-16-4-2-3-5-18(16)15-26-12-10-17(11-13-26)14-23-31(28,29)22-9-7-20(30-22)19-6-8-21(27)25-24-19/h2-9,17,23H,10-15H2,1H3,(H,25,27). The molecule has 1 aromatic carbocycles. The van der Waals surface area contributed by atoms with E-state index in [0.29, 0.717) is 23.0 Å². The van der Waals surface area contributed by atoms with E-state index in [1.54, 1.807) is 18.2 Å². The lowest BCUT2D eigenvalue weighted by Crippen LogP contribution is -2.38. The van der Waals surface area contributed by atoms with Gasteiger partial charge in [0.15, 0.2) is 0 Å². The summed E-state index contributed by atoms with van der Waals surface area (Å²) in [7, 11) is -3.57. The average molecular weight is 459 g/mol. The quantitative estimate of drug-likeness (QED) is 0.568. The zero-order valence-electron chi connectivity index (χ0n) is 17.4. The number of benzene rings is 1. The lowest BCUT2D eigenvalue weighted by atomic mass is 9.96. The lowest BCUT2D eigenvalue weighted by Gasteiger charge is -2.32. The Morgan fingerprint density at radius 2 is 1.90 bits per heavy atom. The third-order valence-electron chi connectivity index (χ3n) is 5.70. The van der Waals surface area contributed by atoms with Crippen molar-refractivity contribution in [2.45, 2.75) is 30.5 Å². The minimum absolute atomic E-state index is 0.257. The van der Waals surface area contributed by atoms with Gasteiger partial charge in [0, 0.05) is 19.2 Å². The van der Waals surface area contributed by atoms with Crippen molar-refractivity contribution in [3.8, 4) is 10.6 Å². The monoisotopic (exact) mass is 458 g/mol.